The fourth-order valence-electron chi connectivity index (χ4n) is 2.35. The minimum atomic E-state index is -3.14. The fraction of sp³-hybridized carbons (Fsp3) is 1.00. The Morgan fingerprint density at radius 1 is 1.18 bits per heavy atom. The highest BCUT2D eigenvalue weighted by Gasteiger charge is 2.29. The van der Waals surface area contributed by atoms with E-state index in [1.54, 1.807) is 0 Å². The molecule has 0 bridgehead atoms. The van der Waals surface area contributed by atoms with Gasteiger partial charge in [-0.15, -0.1) is 0 Å². The molecule has 0 radical (unpaired) electrons. The van der Waals surface area contributed by atoms with E-state index in [-0.39, 0.29) is 11.7 Å². The quantitative estimate of drug-likeness (QED) is 0.748. The Balaban J connectivity index is 1.91. The average molecular weight is 280 g/mol. The number of rotatable bonds is 3. The molecule has 1 N–H and O–H groups in total. The van der Waals surface area contributed by atoms with Gasteiger partial charge in [-0.25, -0.2) is 12.7 Å². The molecule has 7 heteroatoms. The van der Waals surface area contributed by atoms with Crippen molar-refractivity contribution in [1.29, 1.82) is 0 Å². The lowest BCUT2D eigenvalue weighted by molar-refractivity contribution is 0.383. The third-order valence-electron chi connectivity index (χ3n) is 3.44. The average Bonchev–Trinajstić information content (AvgIpc) is 2.30. The van der Waals surface area contributed by atoms with Crippen LogP contribution in [-0.2, 0) is 20.8 Å². The molecule has 2 aliphatic rings. The first-order chi connectivity index (χ1) is 8.08. The molecular formula is C10H20N2O3S2. The van der Waals surface area contributed by atoms with Crippen molar-refractivity contribution in [1.82, 2.24) is 9.62 Å². The lowest BCUT2D eigenvalue weighted by Crippen LogP contribution is -2.44. The normalized spacial score (nSPS) is 26.1. The van der Waals surface area contributed by atoms with Crippen LogP contribution in [0, 0.1) is 5.92 Å². The Bertz CT molecular complexity index is 367. The Morgan fingerprint density at radius 3 is 2.35 bits per heavy atom. The summed E-state index contributed by atoms with van der Waals surface area (Å²) in [7, 11) is -3.95. The highest BCUT2D eigenvalue weighted by molar-refractivity contribution is 7.89. The van der Waals surface area contributed by atoms with Gasteiger partial charge < -0.3 is 5.32 Å². The predicted molar refractivity (Wildman–Crippen MR) is 68.8 cm³/mol. The van der Waals surface area contributed by atoms with E-state index in [2.05, 4.69) is 5.32 Å². The molecule has 2 aliphatic heterocycles. The summed E-state index contributed by atoms with van der Waals surface area (Å²) in [6, 6.07) is 0. The van der Waals surface area contributed by atoms with Crippen LogP contribution in [0.4, 0.5) is 0 Å². The maximum absolute atomic E-state index is 12.2. The fourth-order valence-corrected chi connectivity index (χ4v) is 5.51. The van der Waals surface area contributed by atoms with Crippen molar-refractivity contribution in [3.8, 4) is 0 Å². The van der Waals surface area contributed by atoms with Gasteiger partial charge in [-0.1, -0.05) is 0 Å². The number of sulfonamides is 1. The second kappa shape index (κ2) is 5.77. The Labute approximate surface area is 105 Å². The maximum atomic E-state index is 12.2. The molecule has 0 aromatic heterocycles. The first-order valence-electron chi connectivity index (χ1n) is 6.11. The van der Waals surface area contributed by atoms with Gasteiger partial charge in [0.25, 0.3) is 0 Å². The third kappa shape index (κ3) is 3.74. The van der Waals surface area contributed by atoms with Gasteiger partial charge in [-0.3, -0.25) is 4.21 Å². The minimum Gasteiger partial charge on any atom is -0.317 e. The summed E-state index contributed by atoms with van der Waals surface area (Å²) >= 11 is 0. The molecule has 17 heavy (non-hydrogen) atoms. The first kappa shape index (κ1) is 13.5. The van der Waals surface area contributed by atoms with Crippen LogP contribution in [0.2, 0.25) is 0 Å². The standard InChI is InChI=1S/C10H20N2O3S2/c13-16-7-5-12(6-8-16)17(14,15)9-10-1-3-11-4-2-10/h10-11H,1-9H2. The Kier molecular flexibility index (Phi) is 4.57. The molecule has 0 aromatic rings. The molecule has 0 aliphatic carbocycles. The Morgan fingerprint density at radius 2 is 1.76 bits per heavy atom. The molecule has 5 nitrogen and oxygen atoms in total. The smallest absolute Gasteiger partial charge is 0.214 e. The van der Waals surface area contributed by atoms with Crippen molar-refractivity contribution in [2.24, 2.45) is 5.92 Å². The second-order valence-electron chi connectivity index (χ2n) is 4.72. The number of nitrogens with one attached hydrogen (secondary N) is 1. The summed E-state index contributed by atoms with van der Waals surface area (Å²) < 4.78 is 37.1. The summed E-state index contributed by atoms with van der Waals surface area (Å²) in [4.78, 5) is 0. The molecule has 0 saturated carbocycles. The van der Waals surface area contributed by atoms with Crippen LogP contribution >= 0.6 is 0 Å². The molecule has 2 rings (SSSR count). The summed E-state index contributed by atoms with van der Waals surface area (Å²) in [5.74, 6) is 1.53. The van der Waals surface area contributed by atoms with Crippen molar-refractivity contribution < 1.29 is 12.6 Å². The van der Waals surface area contributed by atoms with E-state index < -0.39 is 20.8 Å². The van der Waals surface area contributed by atoms with E-state index >= 15 is 0 Å². The molecule has 0 aromatic carbocycles. The van der Waals surface area contributed by atoms with Gasteiger partial charge in [0.15, 0.2) is 0 Å². The van der Waals surface area contributed by atoms with E-state index in [1.165, 1.54) is 4.31 Å². The van der Waals surface area contributed by atoms with Gasteiger partial charge in [0.05, 0.1) is 5.75 Å². The monoisotopic (exact) mass is 280 g/mol. The van der Waals surface area contributed by atoms with E-state index in [0.717, 1.165) is 25.9 Å². The molecule has 2 heterocycles. The van der Waals surface area contributed by atoms with Crippen molar-refractivity contribution in [3.63, 3.8) is 0 Å². The van der Waals surface area contributed by atoms with E-state index in [1.807, 2.05) is 0 Å². The lowest BCUT2D eigenvalue weighted by atomic mass is 10.0. The van der Waals surface area contributed by atoms with Crippen molar-refractivity contribution in [3.05, 3.63) is 0 Å². The highest BCUT2D eigenvalue weighted by Crippen LogP contribution is 2.17. The molecule has 0 amide bonds. The lowest BCUT2D eigenvalue weighted by Gasteiger charge is -2.29. The summed E-state index contributed by atoms with van der Waals surface area (Å²) in [6.45, 7) is 2.70. The molecule has 100 valence electrons. The van der Waals surface area contributed by atoms with Crippen molar-refractivity contribution in [2.45, 2.75) is 12.8 Å². The van der Waals surface area contributed by atoms with Crippen LogP contribution in [0.15, 0.2) is 0 Å². The molecular weight excluding hydrogens is 260 g/mol. The molecule has 0 unspecified atom stereocenters. The topological polar surface area (TPSA) is 66.5 Å². The second-order valence-corrected chi connectivity index (χ2v) is 8.43. The first-order valence-corrected chi connectivity index (χ1v) is 9.21. The predicted octanol–water partition coefficient (Wildman–Crippen LogP) is -0.620. The SMILES string of the molecule is O=S1CCN(S(=O)(=O)CC2CCNCC2)CC1. The molecule has 0 spiro atoms. The number of hydrogen-bond donors (Lipinski definition) is 1. The maximum Gasteiger partial charge on any atom is 0.214 e. The van der Waals surface area contributed by atoms with Gasteiger partial charge in [0.2, 0.25) is 10.0 Å². The van der Waals surface area contributed by atoms with Gasteiger partial charge in [-0.2, -0.15) is 0 Å². The van der Waals surface area contributed by atoms with Crippen LogP contribution in [0.25, 0.3) is 0 Å². The van der Waals surface area contributed by atoms with Crippen LogP contribution in [-0.4, -0.2) is 60.4 Å². The van der Waals surface area contributed by atoms with Gasteiger partial charge in [0.1, 0.15) is 0 Å². The number of nitrogens with zero attached hydrogens (tertiary/aromatic N) is 1. The van der Waals surface area contributed by atoms with Crippen molar-refractivity contribution >= 4 is 20.8 Å². The molecule has 2 saturated heterocycles. The van der Waals surface area contributed by atoms with Crippen molar-refractivity contribution in [2.75, 3.05) is 43.4 Å². The summed E-state index contributed by atoms with van der Waals surface area (Å²) in [5.41, 5.74) is 0. The zero-order chi connectivity index (χ0) is 12.3. The van der Waals surface area contributed by atoms with E-state index in [0.29, 0.717) is 24.6 Å². The summed E-state index contributed by atoms with van der Waals surface area (Å²) in [5, 5.41) is 3.24. The van der Waals surface area contributed by atoms with Crippen LogP contribution in [0.3, 0.4) is 0 Å². The largest absolute Gasteiger partial charge is 0.317 e. The summed E-state index contributed by atoms with van der Waals surface area (Å²) in [6.07, 6.45) is 1.89. The van der Waals surface area contributed by atoms with Crippen LogP contribution < -0.4 is 5.32 Å². The van der Waals surface area contributed by atoms with E-state index in [4.69, 9.17) is 0 Å². The van der Waals surface area contributed by atoms with Gasteiger partial charge in [-0.05, 0) is 31.8 Å². The van der Waals surface area contributed by atoms with E-state index in [9.17, 15) is 12.6 Å². The zero-order valence-corrected chi connectivity index (χ0v) is 11.6. The Hall–Kier alpha value is 0.0200. The molecule has 0 atom stereocenters. The zero-order valence-electron chi connectivity index (χ0n) is 9.93. The third-order valence-corrected chi connectivity index (χ3v) is 6.76. The highest BCUT2D eigenvalue weighted by atomic mass is 32.2. The van der Waals surface area contributed by atoms with Gasteiger partial charge in [0, 0.05) is 35.4 Å². The van der Waals surface area contributed by atoms with Crippen LogP contribution in [0.1, 0.15) is 12.8 Å². The van der Waals surface area contributed by atoms with Crippen LogP contribution in [0.5, 0.6) is 0 Å². The molecule has 2 fully saturated rings. The number of piperidine rings is 1. The number of hydrogen-bond acceptors (Lipinski definition) is 4. The van der Waals surface area contributed by atoms with Gasteiger partial charge >= 0.3 is 0 Å². The minimum absolute atomic E-state index is 0.265.